The number of unbranched alkanes of at least 4 members (excludes halogenated alkanes) is 1. The molecule has 1 saturated heterocycles. The van der Waals surface area contributed by atoms with Crippen molar-refractivity contribution in [3.05, 3.63) is 22.4 Å². The zero-order chi connectivity index (χ0) is 17.2. The molecule has 1 atom stereocenters. The second-order valence-corrected chi connectivity index (χ2v) is 7.47. The molecule has 1 aromatic rings. The molecule has 1 unspecified atom stereocenters. The van der Waals surface area contributed by atoms with Crippen molar-refractivity contribution in [2.75, 3.05) is 59.9 Å². The van der Waals surface area contributed by atoms with Gasteiger partial charge in [0.05, 0.1) is 0 Å². The molecular weight excluding hydrogens is 318 g/mol. The molecule has 6 heteroatoms. The molecule has 24 heavy (non-hydrogen) atoms. The fraction of sp³-hybridized carbons (Fsp3) is 0.722. The van der Waals surface area contributed by atoms with E-state index in [1.165, 1.54) is 51.1 Å². The Hall–Kier alpha value is -1.11. The van der Waals surface area contributed by atoms with Crippen LogP contribution in [0.5, 0.6) is 0 Å². The van der Waals surface area contributed by atoms with Gasteiger partial charge in [-0.3, -0.25) is 4.99 Å². The maximum Gasteiger partial charge on any atom is 0.190 e. The maximum absolute atomic E-state index is 4.32. The van der Waals surface area contributed by atoms with Crippen molar-refractivity contribution in [3.8, 4) is 0 Å². The molecule has 0 saturated carbocycles. The van der Waals surface area contributed by atoms with Gasteiger partial charge in [0.2, 0.25) is 0 Å². The standard InChI is InChI=1S/C18H33N5S/c1-16(17-6-13-24-15-17)14-21-18(19-2)20-7-4-5-8-23-11-9-22(3)10-12-23/h6,13,15-16H,4-5,7-12,14H2,1-3H3,(H2,19,20,21). The molecule has 0 radical (unpaired) electrons. The highest BCUT2D eigenvalue weighted by molar-refractivity contribution is 7.07. The van der Waals surface area contributed by atoms with E-state index in [1.807, 2.05) is 7.05 Å². The molecule has 1 fully saturated rings. The second-order valence-electron chi connectivity index (χ2n) is 6.69. The third kappa shape index (κ3) is 6.79. The van der Waals surface area contributed by atoms with Gasteiger partial charge >= 0.3 is 0 Å². The van der Waals surface area contributed by atoms with Gasteiger partial charge in [0.1, 0.15) is 0 Å². The van der Waals surface area contributed by atoms with Gasteiger partial charge < -0.3 is 20.4 Å². The fourth-order valence-corrected chi connectivity index (χ4v) is 3.66. The van der Waals surface area contributed by atoms with Crippen LogP contribution in [0.2, 0.25) is 0 Å². The van der Waals surface area contributed by atoms with Crippen molar-refractivity contribution in [2.45, 2.75) is 25.7 Å². The molecule has 0 amide bonds. The summed E-state index contributed by atoms with van der Waals surface area (Å²) >= 11 is 1.76. The van der Waals surface area contributed by atoms with E-state index in [0.29, 0.717) is 5.92 Å². The molecule has 2 heterocycles. The highest BCUT2D eigenvalue weighted by atomic mass is 32.1. The van der Waals surface area contributed by atoms with Crippen LogP contribution in [0.15, 0.2) is 21.8 Å². The van der Waals surface area contributed by atoms with Crippen LogP contribution in [0.4, 0.5) is 0 Å². The lowest BCUT2D eigenvalue weighted by Gasteiger charge is -2.32. The SMILES string of the molecule is CN=C(NCCCCN1CCN(C)CC1)NCC(C)c1ccsc1. The number of guanidine groups is 1. The molecular formula is C18H33N5S. The van der Waals surface area contributed by atoms with E-state index >= 15 is 0 Å². The summed E-state index contributed by atoms with van der Waals surface area (Å²) in [5.41, 5.74) is 1.40. The predicted octanol–water partition coefficient (Wildman–Crippen LogP) is 2.04. The zero-order valence-corrected chi connectivity index (χ0v) is 16.2. The van der Waals surface area contributed by atoms with E-state index in [9.17, 15) is 0 Å². The van der Waals surface area contributed by atoms with Crippen molar-refractivity contribution in [1.82, 2.24) is 20.4 Å². The van der Waals surface area contributed by atoms with Crippen LogP contribution >= 0.6 is 11.3 Å². The normalized spacial score (nSPS) is 18.5. The summed E-state index contributed by atoms with van der Waals surface area (Å²) in [6.07, 6.45) is 2.44. The van der Waals surface area contributed by atoms with E-state index in [0.717, 1.165) is 19.0 Å². The molecule has 5 nitrogen and oxygen atoms in total. The molecule has 0 bridgehead atoms. The number of rotatable bonds is 8. The van der Waals surface area contributed by atoms with Crippen molar-refractivity contribution in [2.24, 2.45) is 4.99 Å². The Morgan fingerprint density at radius 2 is 2.04 bits per heavy atom. The van der Waals surface area contributed by atoms with Crippen molar-refractivity contribution >= 4 is 17.3 Å². The minimum absolute atomic E-state index is 0.507. The monoisotopic (exact) mass is 351 g/mol. The topological polar surface area (TPSA) is 42.9 Å². The number of piperazine rings is 1. The number of hydrogen-bond donors (Lipinski definition) is 2. The number of nitrogens with zero attached hydrogens (tertiary/aromatic N) is 3. The average molecular weight is 352 g/mol. The summed E-state index contributed by atoms with van der Waals surface area (Å²) in [6.45, 7) is 10.2. The van der Waals surface area contributed by atoms with Crippen LogP contribution in [0.25, 0.3) is 0 Å². The second kappa shape index (κ2) is 10.7. The van der Waals surface area contributed by atoms with Gasteiger partial charge in [-0.25, -0.2) is 0 Å². The minimum atomic E-state index is 0.507. The lowest BCUT2D eigenvalue weighted by Crippen LogP contribution is -2.44. The number of hydrogen-bond acceptors (Lipinski definition) is 4. The first-order valence-corrected chi connectivity index (χ1v) is 10.0. The summed E-state index contributed by atoms with van der Waals surface area (Å²) in [4.78, 5) is 9.30. The average Bonchev–Trinajstić information content (AvgIpc) is 3.13. The van der Waals surface area contributed by atoms with Gasteiger partial charge in [-0.1, -0.05) is 6.92 Å². The number of likely N-dealkylation sites (N-methyl/N-ethyl adjacent to an activating group) is 1. The molecule has 1 aromatic heterocycles. The van der Waals surface area contributed by atoms with Gasteiger partial charge in [-0.05, 0) is 54.7 Å². The highest BCUT2D eigenvalue weighted by Crippen LogP contribution is 2.16. The van der Waals surface area contributed by atoms with Gasteiger partial charge in [-0.15, -0.1) is 0 Å². The Balaban J connectivity index is 1.53. The largest absolute Gasteiger partial charge is 0.356 e. The van der Waals surface area contributed by atoms with Crippen molar-refractivity contribution in [1.29, 1.82) is 0 Å². The lowest BCUT2D eigenvalue weighted by atomic mass is 10.1. The summed E-state index contributed by atoms with van der Waals surface area (Å²) < 4.78 is 0. The van der Waals surface area contributed by atoms with E-state index in [-0.39, 0.29) is 0 Å². The minimum Gasteiger partial charge on any atom is -0.356 e. The van der Waals surface area contributed by atoms with Gasteiger partial charge in [0.15, 0.2) is 5.96 Å². The van der Waals surface area contributed by atoms with E-state index in [2.05, 4.69) is 56.2 Å². The van der Waals surface area contributed by atoms with Crippen LogP contribution < -0.4 is 10.6 Å². The van der Waals surface area contributed by atoms with Crippen LogP contribution in [-0.2, 0) is 0 Å². The number of nitrogens with one attached hydrogen (secondary N) is 2. The third-order valence-corrected chi connectivity index (χ3v) is 5.40. The molecule has 2 rings (SSSR count). The Morgan fingerprint density at radius 1 is 1.25 bits per heavy atom. The molecule has 1 aliphatic heterocycles. The molecule has 136 valence electrons. The first-order chi connectivity index (χ1) is 11.7. The molecule has 0 aromatic carbocycles. The Bertz CT molecular complexity index is 466. The first kappa shape index (κ1) is 19.2. The van der Waals surface area contributed by atoms with Crippen LogP contribution in [0.3, 0.4) is 0 Å². The quantitative estimate of drug-likeness (QED) is 0.427. The highest BCUT2D eigenvalue weighted by Gasteiger charge is 2.12. The molecule has 1 aliphatic rings. The Morgan fingerprint density at radius 3 is 2.71 bits per heavy atom. The smallest absolute Gasteiger partial charge is 0.190 e. The summed E-state index contributed by atoms with van der Waals surface area (Å²) in [5, 5.41) is 11.2. The number of thiophene rings is 1. The Labute approximate surface area is 151 Å². The van der Waals surface area contributed by atoms with Crippen molar-refractivity contribution in [3.63, 3.8) is 0 Å². The summed E-state index contributed by atoms with van der Waals surface area (Å²) in [5.74, 6) is 1.42. The molecule has 0 spiro atoms. The summed E-state index contributed by atoms with van der Waals surface area (Å²) in [7, 11) is 4.05. The first-order valence-electron chi connectivity index (χ1n) is 9.06. The van der Waals surface area contributed by atoms with Gasteiger partial charge in [0, 0.05) is 46.3 Å². The maximum atomic E-state index is 4.32. The fourth-order valence-electron chi connectivity index (χ4n) is 2.88. The lowest BCUT2D eigenvalue weighted by molar-refractivity contribution is 0.152. The van der Waals surface area contributed by atoms with Crippen molar-refractivity contribution < 1.29 is 0 Å². The molecule has 0 aliphatic carbocycles. The molecule has 2 N–H and O–H groups in total. The number of aliphatic imine (C=N–C) groups is 1. The zero-order valence-electron chi connectivity index (χ0n) is 15.4. The van der Waals surface area contributed by atoms with E-state index < -0.39 is 0 Å². The summed E-state index contributed by atoms with van der Waals surface area (Å²) in [6, 6.07) is 2.20. The van der Waals surface area contributed by atoms with Gasteiger partial charge in [-0.2, -0.15) is 11.3 Å². The van der Waals surface area contributed by atoms with Crippen LogP contribution in [-0.4, -0.2) is 75.7 Å². The van der Waals surface area contributed by atoms with Crippen LogP contribution in [0, 0.1) is 0 Å². The third-order valence-electron chi connectivity index (χ3n) is 4.70. The van der Waals surface area contributed by atoms with Crippen LogP contribution in [0.1, 0.15) is 31.2 Å². The Kier molecular flexibility index (Phi) is 8.56. The predicted molar refractivity (Wildman–Crippen MR) is 105 cm³/mol. The van der Waals surface area contributed by atoms with Gasteiger partial charge in [0.25, 0.3) is 0 Å². The van der Waals surface area contributed by atoms with E-state index in [1.54, 1.807) is 11.3 Å². The van der Waals surface area contributed by atoms with E-state index in [4.69, 9.17) is 0 Å².